The van der Waals surface area contributed by atoms with Gasteiger partial charge in [-0.15, -0.1) is 0 Å². The van der Waals surface area contributed by atoms with E-state index in [4.69, 9.17) is 4.74 Å². The lowest BCUT2D eigenvalue weighted by Crippen LogP contribution is -2.37. The molecule has 0 atom stereocenters. The average Bonchev–Trinajstić information content (AvgIpc) is 2.42. The molecule has 4 heteroatoms. The molecule has 0 spiro atoms. The van der Waals surface area contributed by atoms with Crippen LogP contribution < -0.4 is 0 Å². The number of carbonyl (C=O) groups excluding carboxylic acids is 2. The molecule has 0 radical (unpaired) electrons. The Balaban J connectivity index is 3.55. The molecule has 4 nitrogen and oxygen atoms in total. The third-order valence-corrected chi connectivity index (χ3v) is 3.21. The lowest BCUT2D eigenvalue weighted by Gasteiger charge is -2.17. The minimum atomic E-state index is -0.713. The van der Waals surface area contributed by atoms with Gasteiger partial charge in [0.2, 0.25) is 0 Å². The predicted octanol–water partition coefficient (Wildman–Crippen LogP) is 3.15. The second-order valence-corrected chi connectivity index (χ2v) is 4.73. The zero-order valence-electron chi connectivity index (χ0n) is 12.7. The van der Waals surface area contributed by atoms with Crippen LogP contribution in [0.15, 0.2) is 0 Å². The number of carbonyl (C=O) groups is 2. The van der Waals surface area contributed by atoms with Crippen LogP contribution in [0.2, 0.25) is 0 Å². The Hall–Kier alpha value is -1.06. The monoisotopic (exact) mass is 271 g/mol. The second kappa shape index (κ2) is 12.0. The van der Waals surface area contributed by atoms with Crippen molar-refractivity contribution < 1.29 is 14.3 Å². The molecule has 0 bridgehead atoms. The highest BCUT2D eigenvalue weighted by molar-refractivity contribution is 6.32. The number of esters is 1. The van der Waals surface area contributed by atoms with Gasteiger partial charge in [-0.3, -0.25) is 4.79 Å². The van der Waals surface area contributed by atoms with Crippen molar-refractivity contribution in [3.63, 3.8) is 0 Å². The van der Waals surface area contributed by atoms with E-state index in [9.17, 15) is 9.59 Å². The molecule has 0 N–H and O–H groups in total. The zero-order chi connectivity index (χ0) is 14.5. The van der Waals surface area contributed by atoms with Gasteiger partial charge in [-0.25, -0.2) is 4.79 Å². The molecular formula is C15H29NO3. The van der Waals surface area contributed by atoms with Crippen LogP contribution in [0, 0.1) is 0 Å². The van der Waals surface area contributed by atoms with Crippen molar-refractivity contribution in [2.24, 2.45) is 0 Å². The number of hydrogen-bond donors (Lipinski definition) is 0. The molecule has 112 valence electrons. The summed E-state index contributed by atoms with van der Waals surface area (Å²) in [5.74, 6) is -1.23. The van der Waals surface area contributed by atoms with Crippen LogP contribution in [0.5, 0.6) is 0 Å². The summed E-state index contributed by atoms with van der Waals surface area (Å²) in [6, 6.07) is 0. The third kappa shape index (κ3) is 8.62. The Morgan fingerprint density at radius 2 is 1.37 bits per heavy atom. The lowest BCUT2D eigenvalue weighted by atomic mass is 10.1. The van der Waals surface area contributed by atoms with E-state index in [-0.39, 0.29) is 0 Å². The summed E-state index contributed by atoms with van der Waals surface area (Å²) in [7, 11) is 0. The van der Waals surface area contributed by atoms with Crippen molar-refractivity contribution >= 4 is 11.9 Å². The second-order valence-electron chi connectivity index (χ2n) is 4.73. The smallest absolute Gasteiger partial charge is 0.397 e. The summed E-state index contributed by atoms with van der Waals surface area (Å²) in [6.07, 6.45) is 8.19. The molecule has 0 aliphatic heterocycles. The summed E-state index contributed by atoms with van der Waals surface area (Å²) in [5.41, 5.74) is 0. The van der Waals surface area contributed by atoms with Crippen LogP contribution in [0.3, 0.4) is 0 Å². The molecule has 0 saturated heterocycles. The number of likely N-dealkylation sites (N-methyl/N-ethyl adjacent to an activating group) is 1. The summed E-state index contributed by atoms with van der Waals surface area (Å²) in [4.78, 5) is 24.5. The summed E-state index contributed by atoms with van der Waals surface area (Å²) < 4.78 is 4.99. The van der Waals surface area contributed by atoms with E-state index in [1.165, 1.54) is 37.0 Å². The number of nitrogens with zero attached hydrogens (tertiary/aromatic N) is 1. The van der Waals surface area contributed by atoms with Gasteiger partial charge in [0, 0.05) is 13.1 Å². The molecule has 0 aromatic heterocycles. The van der Waals surface area contributed by atoms with Crippen molar-refractivity contribution in [2.75, 3.05) is 19.7 Å². The van der Waals surface area contributed by atoms with Crippen molar-refractivity contribution in [1.29, 1.82) is 0 Å². The van der Waals surface area contributed by atoms with Crippen molar-refractivity contribution in [2.45, 2.75) is 65.7 Å². The number of rotatable bonds is 10. The summed E-state index contributed by atoms with van der Waals surface area (Å²) >= 11 is 0. The number of hydrogen-bond acceptors (Lipinski definition) is 3. The Bertz CT molecular complexity index is 250. The molecule has 1 amide bonds. The standard InChI is InChI=1S/C15H29NO3/c1-4-7-8-9-10-11-12-13-19-15(18)14(17)16(5-2)6-3/h4-13H2,1-3H3. The van der Waals surface area contributed by atoms with Gasteiger partial charge in [-0.05, 0) is 20.3 Å². The number of unbranched alkanes of at least 4 members (excludes halogenated alkanes) is 6. The fourth-order valence-electron chi connectivity index (χ4n) is 1.93. The highest BCUT2D eigenvalue weighted by Crippen LogP contribution is 2.07. The first-order valence-corrected chi connectivity index (χ1v) is 7.63. The summed E-state index contributed by atoms with van der Waals surface area (Å²) in [6.45, 7) is 7.35. The van der Waals surface area contributed by atoms with E-state index < -0.39 is 11.9 Å². The van der Waals surface area contributed by atoms with Crippen molar-refractivity contribution in [3.8, 4) is 0 Å². The molecular weight excluding hydrogens is 242 g/mol. The van der Waals surface area contributed by atoms with E-state index in [2.05, 4.69) is 6.92 Å². The number of amides is 1. The average molecular weight is 271 g/mol. The first-order valence-electron chi connectivity index (χ1n) is 7.63. The maximum Gasteiger partial charge on any atom is 0.397 e. The first-order chi connectivity index (χ1) is 9.17. The van der Waals surface area contributed by atoms with E-state index >= 15 is 0 Å². The van der Waals surface area contributed by atoms with Gasteiger partial charge in [0.15, 0.2) is 0 Å². The molecule has 0 unspecified atom stereocenters. The van der Waals surface area contributed by atoms with E-state index in [1.807, 2.05) is 13.8 Å². The van der Waals surface area contributed by atoms with E-state index in [1.54, 1.807) is 0 Å². The third-order valence-electron chi connectivity index (χ3n) is 3.21. The molecule has 0 aliphatic rings. The lowest BCUT2D eigenvalue weighted by molar-refractivity contribution is -0.160. The molecule has 0 aromatic rings. The first kappa shape index (κ1) is 17.9. The minimum absolute atomic E-state index is 0.361. The van der Waals surface area contributed by atoms with Gasteiger partial charge in [0.25, 0.3) is 0 Å². The van der Waals surface area contributed by atoms with Gasteiger partial charge >= 0.3 is 11.9 Å². The summed E-state index contributed by atoms with van der Waals surface area (Å²) in [5, 5.41) is 0. The molecule has 0 aromatic carbocycles. The van der Waals surface area contributed by atoms with Crippen LogP contribution in [0.25, 0.3) is 0 Å². The minimum Gasteiger partial charge on any atom is -0.459 e. The van der Waals surface area contributed by atoms with Gasteiger partial charge < -0.3 is 9.64 Å². The largest absolute Gasteiger partial charge is 0.459 e. The van der Waals surface area contributed by atoms with Gasteiger partial charge in [0.05, 0.1) is 6.61 Å². The maximum absolute atomic E-state index is 11.6. The quantitative estimate of drug-likeness (QED) is 0.348. The molecule has 0 aliphatic carbocycles. The van der Waals surface area contributed by atoms with Crippen molar-refractivity contribution in [1.82, 2.24) is 4.90 Å². The van der Waals surface area contributed by atoms with Gasteiger partial charge in [0.1, 0.15) is 0 Å². The van der Waals surface area contributed by atoms with Crippen molar-refractivity contribution in [3.05, 3.63) is 0 Å². The van der Waals surface area contributed by atoms with Gasteiger partial charge in [-0.2, -0.15) is 0 Å². The Labute approximate surface area is 117 Å². The van der Waals surface area contributed by atoms with Crippen LogP contribution in [-0.4, -0.2) is 36.5 Å². The molecule has 0 fully saturated rings. The van der Waals surface area contributed by atoms with Gasteiger partial charge in [-0.1, -0.05) is 45.4 Å². The molecule has 19 heavy (non-hydrogen) atoms. The maximum atomic E-state index is 11.6. The highest BCUT2D eigenvalue weighted by atomic mass is 16.5. The predicted molar refractivity (Wildman–Crippen MR) is 76.9 cm³/mol. The highest BCUT2D eigenvalue weighted by Gasteiger charge is 2.20. The normalized spacial score (nSPS) is 10.3. The Kier molecular flexibility index (Phi) is 11.3. The van der Waals surface area contributed by atoms with Crippen LogP contribution in [0.1, 0.15) is 65.7 Å². The van der Waals surface area contributed by atoms with Crippen LogP contribution >= 0.6 is 0 Å². The fraction of sp³-hybridized carbons (Fsp3) is 0.867. The van der Waals surface area contributed by atoms with E-state index in [0.717, 1.165) is 12.8 Å². The SMILES string of the molecule is CCCCCCCCCOC(=O)C(=O)N(CC)CC. The Morgan fingerprint density at radius 1 is 0.842 bits per heavy atom. The van der Waals surface area contributed by atoms with E-state index in [0.29, 0.717) is 19.7 Å². The Morgan fingerprint density at radius 3 is 1.89 bits per heavy atom. The fourth-order valence-corrected chi connectivity index (χ4v) is 1.93. The topological polar surface area (TPSA) is 46.6 Å². The molecule has 0 saturated carbocycles. The zero-order valence-corrected chi connectivity index (χ0v) is 12.7. The molecule has 0 heterocycles. The number of ether oxygens (including phenoxy) is 1. The molecule has 0 rings (SSSR count). The van der Waals surface area contributed by atoms with Crippen LogP contribution in [0.4, 0.5) is 0 Å². The van der Waals surface area contributed by atoms with Crippen LogP contribution in [-0.2, 0) is 14.3 Å².